The number of anilines is 1. The lowest BCUT2D eigenvalue weighted by Crippen LogP contribution is -2.25. The van der Waals surface area contributed by atoms with Crippen molar-refractivity contribution in [2.24, 2.45) is 0 Å². The predicted molar refractivity (Wildman–Crippen MR) is 111 cm³/mol. The molecule has 4 nitrogen and oxygen atoms in total. The van der Waals surface area contributed by atoms with Gasteiger partial charge in [0.25, 0.3) is 5.91 Å². The highest BCUT2D eigenvalue weighted by Crippen LogP contribution is 2.20. The second-order valence-electron chi connectivity index (χ2n) is 7.09. The highest BCUT2D eigenvalue weighted by Gasteiger charge is 2.07. The molecule has 0 bridgehead atoms. The molecule has 0 fully saturated rings. The molecule has 1 aromatic carbocycles. The summed E-state index contributed by atoms with van der Waals surface area (Å²) in [5.74, 6) is -0.0609. The highest BCUT2D eigenvalue weighted by atomic mass is 16.1. The Morgan fingerprint density at radius 3 is 2.74 bits per heavy atom. The van der Waals surface area contributed by atoms with Gasteiger partial charge < -0.3 is 10.6 Å². The third-order valence-corrected chi connectivity index (χ3v) is 4.93. The Labute approximate surface area is 162 Å². The van der Waals surface area contributed by atoms with Crippen LogP contribution in [0.5, 0.6) is 0 Å². The molecular weight excluding hydrogens is 334 g/mol. The number of pyridine rings is 1. The SMILES string of the molecule is O=C(NCCCc1ccccc1)c1cncc(NCCC2=CCCCC2)c1. The molecule has 142 valence electrons. The number of nitrogens with zero attached hydrogens (tertiary/aromatic N) is 1. The van der Waals surface area contributed by atoms with Gasteiger partial charge in [-0.2, -0.15) is 0 Å². The lowest BCUT2D eigenvalue weighted by molar-refractivity contribution is 0.0953. The van der Waals surface area contributed by atoms with E-state index in [1.54, 1.807) is 18.0 Å². The molecule has 0 saturated heterocycles. The van der Waals surface area contributed by atoms with Crippen molar-refractivity contribution in [3.63, 3.8) is 0 Å². The van der Waals surface area contributed by atoms with E-state index < -0.39 is 0 Å². The van der Waals surface area contributed by atoms with E-state index in [2.05, 4.69) is 33.8 Å². The summed E-state index contributed by atoms with van der Waals surface area (Å²) < 4.78 is 0. The number of carbonyl (C=O) groups is 1. The van der Waals surface area contributed by atoms with Crippen molar-refractivity contribution in [1.82, 2.24) is 10.3 Å². The van der Waals surface area contributed by atoms with Gasteiger partial charge in [0.2, 0.25) is 0 Å². The van der Waals surface area contributed by atoms with Gasteiger partial charge in [-0.25, -0.2) is 0 Å². The Morgan fingerprint density at radius 2 is 1.93 bits per heavy atom. The molecule has 2 aromatic rings. The minimum absolute atomic E-state index is 0.0609. The molecule has 1 heterocycles. The van der Waals surface area contributed by atoms with Crippen molar-refractivity contribution in [2.45, 2.75) is 44.9 Å². The van der Waals surface area contributed by atoms with Crippen LogP contribution in [-0.2, 0) is 6.42 Å². The summed E-state index contributed by atoms with van der Waals surface area (Å²) in [5.41, 5.74) is 4.36. The van der Waals surface area contributed by atoms with Crippen molar-refractivity contribution in [3.8, 4) is 0 Å². The van der Waals surface area contributed by atoms with Crippen molar-refractivity contribution < 1.29 is 4.79 Å². The fourth-order valence-corrected chi connectivity index (χ4v) is 3.40. The van der Waals surface area contributed by atoms with Gasteiger partial charge in [0.1, 0.15) is 0 Å². The first-order chi connectivity index (χ1) is 13.3. The second kappa shape index (κ2) is 10.5. The van der Waals surface area contributed by atoms with Crippen LogP contribution in [-0.4, -0.2) is 24.0 Å². The first-order valence-electron chi connectivity index (χ1n) is 10.0. The number of benzene rings is 1. The molecule has 1 aromatic heterocycles. The predicted octanol–water partition coefficient (Wildman–Crippen LogP) is 4.75. The molecule has 0 saturated carbocycles. The van der Waals surface area contributed by atoms with Crippen LogP contribution >= 0.6 is 0 Å². The van der Waals surface area contributed by atoms with Gasteiger partial charge >= 0.3 is 0 Å². The van der Waals surface area contributed by atoms with Gasteiger partial charge in [0.15, 0.2) is 0 Å². The van der Waals surface area contributed by atoms with E-state index >= 15 is 0 Å². The maximum atomic E-state index is 12.3. The molecule has 1 aliphatic carbocycles. The lowest BCUT2D eigenvalue weighted by atomic mass is 9.97. The first kappa shape index (κ1) is 19.2. The maximum Gasteiger partial charge on any atom is 0.252 e. The standard InChI is InChI=1S/C23H29N3O/c27-23(26-14-7-12-19-8-3-1-4-9-19)21-16-22(18-24-17-21)25-15-13-20-10-5-2-6-11-20/h1,3-4,8-10,16-18,25H,2,5-7,11-15H2,(H,26,27). The summed E-state index contributed by atoms with van der Waals surface area (Å²) in [5, 5.41) is 6.38. The van der Waals surface area contributed by atoms with Gasteiger partial charge in [0, 0.05) is 25.5 Å². The van der Waals surface area contributed by atoms with Gasteiger partial charge in [-0.05, 0) is 56.6 Å². The van der Waals surface area contributed by atoms with Crippen LogP contribution < -0.4 is 10.6 Å². The molecule has 0 spiro atoms. The van der Waals surface area contributed by atoms with Crippen LogP contribution in [0.15, 0.2) is 60.4 Å². The van der Waals surface area contributed by atoms with Gasteiger partial charge in [-0.3, -0.25) is 9.78 Å². The molecule has 0 atom stereocenters. The van der Waals surface area contributed by atoms with Gasteiger partial charge in [-0.15, -0.1) is 0 Å². The molecular formula is C23H29N3O. The Hall–Kier alpha value is -2.62. The Morgan fingerprint density at radius 1 is 1.04 bits per heavy atom. The summed E-state index contributed by atoms with van der Waals surface area (Å²) in [6.45, 7) is 1.55. The van der Waals surface area contributed by atoms with Crippen LogP contribution in [0.2, 0.25) is 0 Å². The lowest BCUT2D eigenvalue weighted by Gasteiger charge is -2.13. The van der Waals surface area contributed by atoms with Crippen LogP contribution in [0.4, 0.5) is 5.69 Å². The number of carbonyl (C=O) groups excluding carboxylic acids is 1. The Balaban J connectivity index is 1.40. The summed E-state index contributed by atoms with van der Waals surface area (Å²) in [7, 11) is 0. The van der Waals surface area contributed by atoms with Crippen molar-refractivity contribution in [3.05, 3.63) is 71.6 Å². The molecule has 2 N–H and O–H groups in total. The topological polar surface area (TPSA) is 54.0 Å². The normalized spacial score (nSPS) is 13.7. The van der Waals surface area contributed by atoms with E-state index in [0.29, 0.717) is 12.1 Å². The van der Waals surface area contributed by atoms with Gasteiger partial charge in [0.05, 0.1) is 11.3 Å². The number of hydrogen-bond acceptors (Lipinski definition) is 3. The number of aryl methyl sites for hydroxylation is 1. The maximum absolute atomic E-state index is 12.3. The molecule has 1 aliphatic rings. The zero-order valence-corrected chi connectivity index (χ0v) is 15.9. The summed E-state index contributed by atoms with van der Waals surface area (Å²) in [4.78, 5) is 16.6. The molecule has 1 amide bonds. The average Bonchev–Trinajstić information content (AvgIpc) is 2.73. The van der Waals surface area contributed by atoms with E-state index in [0.717, 1.165) is 31.5 Å². The van der Waals surface area contributed by atoms with Crippen LogP contribution in [0.3, 0.4) is 0 Å². The van der Waals surface area contributed by atoms with E-state index in [-0.39, 0.29) is 5.91 Å². The number of rotatable bonds is 9. The number of aromatic nitrogens is 1. The first-order valence-corrected chi connectivity index (χ1v) is 10.0. The van der Waals surface area contributed by atoms with Crippen LogP contribution in [0, 0.1) is 0 Å². The number of amides is 1. The molecule has 4 heteroatoms. The third kappa shape index (κ3) is 6.55. The van der Waals surface area contributed by atoms with Crippen molar-refractivity contribution in [2.75, 3.05) is 18.4 Å². The molecule has 0 aliphatic heterocycles. The largest absolute Gasteiger partial charge is 0.383 e. The molecule has 0 radical (unpaired) electrons. The zero-order chi connectivity index (χ0) is 18.7. The Bertz CT molecular complexity index is 755. The summed E-state index contributed by atoms with van der Waals surface area (Å²) in [6, 6.07) is 12.2. The minimum Gasteiger partial charge on any atom is -0.383 e. The molecule has 3 rings (SSSR count). The molecule has 27 heavy (non-hydrogen) atoms. The second-order valence-corrected chi connectivity index (χ2v) is 7.09. The van der Waals surface area contributed by atoms with E-state index in [9.17, 15) is 4.79 Å². The average molecular weight is 364 g/mol. The third-order valence-electron chi connectivity index (χ3n) is 4.93. The van der Waals surface area contributed by atoms with Crippen LogP contribution in [0.1, 0.15) is 54.4 Å². The quantitative estimate of drug-likeness (QED) is 0.499. The number of nitrogens with one attached hydrogen (secondary N) is 2. The van der Waals surface area contributed by atoms with Crippen molar-refractivity contribution >= 4 is 11.6 Å². The van der Waals surface area contributed by atoms with Gasteiger partial charge in [-0.1, -0.05) is 42.0 Å². The summed E-state index contributed by atoms with van der Waals surface area (Å²) >= 11 is 0. The van der Waals surface area contributed by atoms with Crippen molar-refractivity contribution in [1.29, 1.82) is 0 Å². The Kier molecular flexibility index (Phi) is 7.45. The fraction of sp³-hybridized carbons (Fsp3) is 0.391. The highest BCUT2D eigenvalue weighted by molar-refractivity contribution is 5.94. The van der Waals surface area contributed by atoms with E-state index in [1.807, 2.05) is 24.3 Å². The van der Waals surface area contributed by atoms with E-state index in [4.69, 9.17) is 0 Å². The summed E-state index contributed by atoms with van der Waals surface area (Å²) in [6.07, 6.45) is 13.8. The molecule has 0 unspecified atom stereocenters. The monoisotopic (exact) mass is 363 g/mol. The minimum atomic E-state index is -0.0609. The zero-order valence-electron chi connectivity index (χ0n) is 15.9. The number of allylic oxidation sites excluding steroid dienone is 1. The van der Waals surface area contributed by atoms with E-state index in [1.165, 1.54) is 31.2 Å². The fourth-order valence-electron chi connectivity index (χ4n) is 3.40. The number of hydrogen-bond donors (Lipinski definition) is 2. The smallest absolute Gasteiger partial charge is 0.252 e. The van der Waals surface area contributed by atoms with Crippen LogP contribution in [0.25, 0.3) is 0 Å².